The summed E-state index contributed by atoms with van der Waals surface area (Å²) in [6.07, 6.45) is 95.7. The Labute approximate surface area is 515 Å². The van der Waals surface area contributed by atoms with Gasteiger partial charge in [-0.1, -0.05) is 311 Å². The number of hydrogen-bond donors (Lipinski definition) is 0. The molecule has 0 N–H and O–H groups in total. The van der Waals surface area contributed by atoms with E-state index in [0.717, 1.165) is 103 Å². The van der Waals surface area contributed by atoms with Crippen LogP contribution in [0.25, 0.3) is 0 Å². The number of esters is 3. The highest BCUT2D eigenvalue weighted by molar-refractivity contribution is 5.71. The monoisotopic (exact) mass is 1160 g/mol. The standard InChI is InChI=1S/C77H134O6/c1-4-7-10-13-16-19-22-25-28-30-32-34-36-38-40-42-44-46-49-52-55-58-61-64-67-70-76(79)82-73-74(72-81-75(78)69-66-63-60-57-54-51-48-27-24-21-18-15-12-9-6-3)83-77(80)71-68-65-62-59-56-53-50-47-45-43-41-39-37-35-33-31-29-26-23-20-17-14-11-8-5-2/h7,10,16,19,23,25-28,31-34,37,39,48,74H,4-6,8-9,11-15,17-18,20-22,24,29-30,35-36,38,40-47,49-73H2,1-3H3/b10-7-,19-16-,26-23-,28-25-,33-31-,34-32-,39-37-,48-27-. The maximum atomic E-state index is 13.0. The van der Waals surface area contributed by atoms with E-state index in [2.05, 4.69) is 118 Å². The molecule has 1 unspecified atom stereocenters. The van der Waals surface area contributed by atoms with E-state index in [9.17, 15) is 14.4 Å². The molecular formula is C77H134O6. The zero-order chi connectivity index (χ0) is 59.9. The summed E-state index contributed by atoms with van der Waals surface area (Å²) in [6.45, 7) is 6.54. The number of allylic oxidation sites excluding steroid dienone is 16. The molecule has 0 saturated heterocycles. The van der Waals surface area contributed by atoms with Crippen LogP contribution in [0.1, 0.15) is 355 Å². The summed E-state index contributed by atoms with van der Waals surface area (Å²) in [6, 6.07) is 0. The fourth-order valence-electron chi connectivity index (χ4n) is 10.2. The smallest absolute Gasteiger partial charge is 0.306 e. The topological polar surface area (TPSA) is 78.9 Å². The first-order chi connectivity index (χ1) is 41.0. The van der Waals surface area contributed by atoms with E-state index in [1.165, 1.54) is 212 Å². The van der Waals surface area contributed by atoms with Gasteiger partial charge in [0.05, 0.1) is 0 Å². The number of hydrogen-bond acceptors (Lipinski definition) is 6. The molecule has 0 aromatic rings. The summed E-state index contributed by atoms with van der Waals surface area (Å²) in [5.41, 5.74) is 0. The summed E-state index contributed by atoms with van der Waals surface area (Å²) in [5.74, 6) is -0.879. The Hall–Kier alpha value is -3.67. The molecule has 0 aliphatic carbocycles. The lowest BCUT2D eigenvalue weighted by atomic mass is 10.0. The lowest BCUT2D eigenvalue weighted by Crippen LogP contribution is -2.30. The van der Waals surface area contributed by atoms with Gasteiger partial charge in [-0.25, -0.2) is 0 Å². The van der Waals surface area contributed by atoms with E-state index in [4.69, 9.17) is 14.2 Å². The predicted octanol–water partition coefficient (Wildman–Crippen LogP) is 24.8. The Kier molecular flexibility index (Phi) is 67.7. The van der Waals surface area contributed by atoms with Crippen LogP contribution in [-0.4, -0.2) is 37.2 Å². The average Bonchev–Trinajstić information content (AvgIpc) is 3.49. The summed E-state index contributed by atoms with van der Waals surface area (Å²) >= 11 is 0. The van der Waals surface area contributed by atoms with Gasteiger partial charge in [0.15, 0.2) is 6.10 Å². The molecule has 0 aliphatic rings. The average molecular weight is 1160 g/mol. The van der Waals surface area contributed by atoms with E-state index in [0.29, 0.717) is 19.3 Å². The van der Waals surface area contributed by atoms with Gasteiger partial charge in [-0.2, -0.15) is 0 Å². The lowest BCUT2D eigenvalue weighted by molar-refractivity contribution is -0.167. The van der Waals surface area contributed by atoms with Crippen LogP contribution in [0.5, 0.6) is 0 Å². The summed E-state index contributed by atoms with van der Waals surface area (Å²) in [7, 11) is 0. The molecule has 6 nitrogen and oxygen atoms in total. The molecule has 0 spiro atoms. The van der Waals surface area contributed by atoms with Crippen molar-refractivity contribution in [2.45, 2.75) is 361 Å². The van der Waals surface area contributed by atoms with Crippen molar-refractivity contribution in [2.24, 2.45) is 0 Å². The van der Waals surface area contributed by atoms with Gasteiger partial charge >= 0.3 is 17.9 Å². The zero-order valence-corrected chi connectivity index (χ0v) is 54.9. The minimum Gasteiger partial charge on any atom is -0.462 e. The van der Waals surface area contributed by atoms with Crippen molar-refractivity contribution < 1.29 is 28.6 Å². The van der Waals surface area contributed by atoms with E-state index in [1.54, 1.807) is 0 Å². The molecule has 0 radical (unpaired) electrons. The predicted molar refractivity (Wildman–Crippen MR) is 362 cm³/mol. The largest absolute Gasteiger partial charge is 0.462 e. The molecule has 0 aliphatic heterocycles. The number of unbranched alkanes of at least 4 members (excludes halogenated alkanes) is 38. The molecule has 0 heterocycles. The molecule has 6 heteroatoms. The first kappa shape index (κ1) is 79.3. The fraction of sp³-hybridized carbons (Fsp3) is 0.753. The molecule has 0 aromatic carbocycles. The van der Waals surface area contributed by atoms with Gasteiger partial charge in [-0.05, 0) is 122 Å². The molecular weight excluding hydrogens is 1020 g/mol. The van der Waals surface area contributed by atoms with E-state index in [-0.39, 0.29) is 31.1 Å². The first-order valence-corrected chi connectivity index (χ1v) is 35.7. The van der Waals surface area contributed by atoms with Crippen LogP contribution in [-0.2, 0) is 28.6 Å². The van der Waals surface area contributed by atoms with Crippen LogP contribution in [0.15, 0.2) is 97.2 Å². The first-order valence-electron chi connectivity index (χ1n) is 35.7. The SMILES string of the molecule is CC/C=C\C/C=C\C/C=C\C/C=C\CCCCCCCCCCCCCCC(=O)OCC(COC(=O)CCCCCCC/C=C\CCCCCCCC)OC(=O)CCCCCCCCCCCC/C=C\C/C=C\C/C=C\CCCCCCC. The van der Waals surface area contributed by atoms with Crippen LogP contribution >= 0.6 is 0 Å². The number of rotatable bonds is 65. The van der Waals surface area contributed by atoms with Crippen LogP contribution in [0.4, 0.5) is 0 Å². The van der Waals surface area contributed by atoms with E-state index in [1.807, 2.05) is 0 Å². The van der Waals surface area contributed by atoms with Crippen molar-refractivity contribution in [3.8, 4) is 0 Å². The fourth-order valence-corrected chi connectivity index (χ4v) is 10.2. The van der Waals surface area contributed by atoms with Gasteiger partial charge in [0.1, 0.15) is 13.2 Å². The minimum atomic E-state index is -0.786. The molecule has 0 bridgehead atoms. The summed E-state index contributed by atoms with van der Waals surface area (Å²) in [5, 5.41) is 0. The van der Waals surface area contributed by atoms with E-state index >= 15 is 0 Å². The summed E-state index contributed by atoms with van der Waals surface area (Å²) < 4.78 is 17.0. The van der Waals surface area contributed by atoms with Crippen LogP contribution in [0.2, 0.25) is 0 Å². The van der Waals surface area contributed by atoms with Gasteiger partial charge in [0, 0.05) is 19.3 Å². The summed E-state index contributed by atoms with van der Waals surface area (Å²) in [4.78, 5) is 38.5. The third-order valence-corrected chi connectivity index (χ3v) is 15.5. The van der Waals surface area contributed by atoms with Crippen molar-refractivity contribution in [2.75, 3.05) is 13.2 Å². The second kappa shape index (κ2) is 70.8. The molecule has 0 rings (SSSR count). The van der Waals surface area contributed by atoms with Crippen molar-refractivity contribution in [1.82, 2.24) is 0 Å². The Bertz CT molecular complexity index is 1610. The van der Waals surface area contributed by atoms with Gasteiger partial charge in [0.25, 0.3) is 0 Å². The van der Waals surface area contributed by atoms with Crippen molar-refractivity contribution >= 4 is 17.9 Å². The molecule has 0 amide bonds. The van der Waals surface area contributed by atoms with Crippen molar-refractivity contribution in [3.05, 3.63) is 97.2 Å². The quantitative estimate of drug-likeness (QED) is 0.0261. The Balaban J connectivity index is 4.34. The number of carbonyl (C=O) groups excluding carboxylic acids is 3. The van der Waals surface area contributed by atoms with Gasteiger partial charge in [-0.15, -0.1) is 0 Å². The Morgan fingerprint density at radius 1 is 0.253 bits per heavy atom. The van der Waals surface area contributed by atoms with Crippen molar-refractivity contribution in [3.63, 3.8) is 0 Å². The Morgan fingerprint density at radius 2 is 0.470 bits per heavy atom. The molecule has 1 atom stereocenters. The van der Waals surface area contributed by atoms with Crippen LogP contribution < -0.4 is 0 Å². The normalized spacial score (nSPS) is 12.7. The van der Waals surface area contributed by atoms with Crippen LogP contribution in [0, 0.1) is 0 Å². The van der Waals surface area contributed by atoms with Crippen molar-refractivity contribution in [1.29, 1.82) is 0 Å². The lowest BCUT2D eigenvalue weighted by Gasteiger charge is -2.18. The number of carbonyl (C=O) groups is 3. The maximum Gasteiger partial charge on any atom is 0.306 e. The molecule has 0 saturated carbocycles. The minimum absolute atomic E-state index is 0.0809. The van der Waals surface area contributed by atoms with Gasteiger partial charge in [0.2, 0.25) is 0 Å². The molecule has 478 valence electrons. The number of ether oxygens (including phenoxy) is 3. The van der Waals surface area contributed by atoms with E-state index < -0.39 is 6.10 Å². The maximum absolute atomic E-state index is 13.0. The zero-order valence-electron chi connectivity index (χ0n) is 54.9. The second-order valence-electron chi connectivity index (χ2n) is 23.8. The highest BCUT2D eigenvalue weighted by Gasteiger charge is 2.19. The third kappa shape index (κ3) is 69.0. The third-order valence-electron chi connectivity index (χ3n) is 15.5. The van der Waals surface area contributed by atoms with Crippen LogP contribution in [0.3, 0.4) is 0 Å². The molecule has 0 aromatic heterocycles. The highest BCUT2D eigenvalue weighted by atomic mass is 16.6. The van der Waals surface area contributed by atoms with Gasteiger partial charge < -0.3 is 14.2 Å². The highest BCUT2D eigenvalue weighted by Crippen LogP contribution is 2.17. The Morgan fingerprint density at radius 3 is 0.747 bits per heavy atom. The van der Waals surface area contributed by atoms with Gasteiger partial charge in [-0.3, -0.25) is 14.4 Å². The second-order valence-corrected chi connectivity index (χ2v) is 23.8. The molecule has 83 heavy (non-hydrogen) atoms. The molecule has 0 fully saturated rings.